The van der Waals surface area contributed by atoms with Crippen LogP contribution in [-0.4, -0.2) is 26.5 Å². The van der Waals surface area contributed by atoms with E-state index in [1.165, 1.54) is 0 Å². The summed E-state index contributed by atoms with van der Waals surface area (Å²) in [5.41, 5.74) is -0.524. The first-order valence-corrected chi connectivity index (χ1v) is 3.57. The van der Waals surface area contributed by atoms with E-state index in [4.69, 9.17) is 4.74 Å². The second-order valence-electron chi connectivity index (χ2n) is 2.17. The molecule has 0 fully saturated rings. The molecule has 0 saturated carbocycles. The highest BCUT2D eigenvalue weighted by molar-refractivity contribution is 5.37. The SMILES string of the molecule is CCOc1nn([N+](=O)[O-])cc1[N+](=O)[O-]. The summed E-state index contributed by atoms with van der Waals surface area (Å²) in [5.74, 6) is -0.353. The third-order valence-corrected chi connectivity index (χ3v) is 1.30. The maximum atomic E-state index is 10.4. The molecule has 0 atom stereocenters. The van der Waals surface area contributed by atoms with Crippen molar-refractivity contribution in [3.05, 3.63) is 26.4 Å². The number of aromatic nitrogens is 2. The summed E-state index contributed by atoms with van der Waals surface area (Å²) in [5, 5.41) is 23.0. The van der Waals surface area contributed by atoms with Crippen LogP contribution >= 0.6 is 0 Å². The van der Waals surface area contributed by atoms with Gasteiger partial charge in [-0.3, -0.25) is 10.1 Å². The standard InChI is InChI=1S/C5H6N4O5/c1-2-14-5-4(8(10)11)3-7(6-5)9(12)13/h3H,2H2,1H3. The summed E-state index contributed by atoms with van der Waals surface area (Å²) in [6.07, 6.45) is 0.686. The van der Waals surface area contributed by atoms with E-state index < -0.39 is 15.6 Å². The first-order valence-electron chi connectivity index (χ1n) is 3.57. The first kappa shape index (κ1) is 9.89. The fraction of sp³-hybridized carbons (Fsp3) is 0.400. The van der Waals surface area contributed by atoms with Crippen LogP contribution in [0.5, 0.6) is 5.88 Å². The van der Waals surface area contributed by atoms with Gasteiger partial charge in [-0.25, -0.2) is 0 Å². The van der Waals surface area contributed by atoms with Crippen LogP contribution in [0.4, 0.5) is 5.69 Å². The lowest BCUT2D eigenvalue weighted by atomic mass is 10.6. The fourth-order valence-corrected chi connectivity index (χ4v) is 0.786. The summed E-state index contributed by atoms with van der Waals surface area (Å²) in [4.78, 5) is 20.0. The molecule has 0 aliphatic rings. The van der Waals surface area contributed by atoms with Crippen molar-refractivity contribution in [1.29, 1.82) is 0 Å². The van der Waals surface area contributed by atoms with E-state index in [1.807, 2.05) is 0 Å². The topological polar surface area (TPSA) is 113 Å². The molecule has 0 aliphatic carbocycles. The zero-order chi connectivity index (χ0) is 10.7. The predicted octanol–water partition coefficient (Wildman–Crippen LogP) is 0.230. The zero-order valence-electron chi connectivity index (χ0n) is 7.11. The maximum Gasteiger partial charge on any atom is 0.434 e. The van der Waals surface area contributed by atoms with Gasteiger partial charge in [-0.2, -0.15) is 0 Å². The van der Waals surface area contributed by atoms with Crippen LogP contribution in [0, 0.1) is 20.2 Å². The lowest BCUT2D eigenvalue weighted by Gasteiger charge is -1.90. The monoisotopic (exact) mass is 202 g/mol. The summed E-state index contributed by atoms with van der Waals surface area (Å²) < 4.78 is 4.75. The predicted molar refractivity (Wildman–Crippen MR) is 42.4 cm³/mol. The minimum atomic E-state index is -0.893. The second-order valence-corrected chi connectivity index (χ2v) is 2.17. The molecular weight excluding hydrogens is 196 g/mol. The van der Waals surface area contributed by atoms with Crippen LogP contribution < -0.4 is 4.74 Å². The Morgan fingerprint density at radius 2 is 2.21 bits per heavy atom. The summed E-state index contributed by atoms with van der Waals surface area (Å²) in [7, 11) is 0. The summed E-state index contributed by atoms with van der Waals surface area (Å²) in [6.45, 7) is 1.74. The molecule has 14 heavy (non-hydrogen) atoms. The third kappa shape index (κ3) is 1.76. The molecule has 0 radical (unpaired) electrons. The number of hydrogen-bond donors (Lipinski definition) is 0. The van der Waals surface area contributed by atoms with Gasteiger partial charge in [-0.05, 0) is 6.92 Å². The number of nitrogens with zero attached hydrogens (tertiary/aromatic N) is 4. The lowest BCUT2D eigenvalue weighted by molar-refractivity contribution is -0.553. The Bertz CT molecular complexity index is 372. The Morgan fingerprint density at radius 1 is 1.57 bits per heavy atom. The molecule has 1 aromatic rings. The highest BCUT2D eigenvalue weighted by Gasteiger charge is 2.28. The van der Waals surface area contributed by atoms with Gasteiger partial charge in [-0.15, -0.1) is 0 Å². The average molecular weight is 202 g/mol. The Balaban J connectivity index is 3.12. The minimum Gasteiger partial charge on any atom is -0.453 e. The van der Waals surface area contributed by atoms with E-state index in [9.17, 15) is 20.2 Å². The average Bonchev–Trinajstić information content (AvgIpc) is 2.49. The van der Waals surface area contributed by atoms with Gasteiger partial charge >= 0.3 is 11.6 Å². The number of ether oxygens (including phenoxy) is 1. The van der Waals surface area contributed by atoms with Crippen LogP contribution in [-0.2, 0) is 0 Å². The largest absolute Gasteiger partial charge is 0.453 e. The molecule has 0 saturated heterocycles. The molecule has 1 heterocycles. The van der Waals surface area contributed by atoms with E-state index in [0.29, 0.717) is 6.20 Å². The molecule has 0 aliphatic heterocycles. The van der Waals surface area contributed by atoms with Gasteiger partial charge in [0.05, 0.1) is 16.6 Å². The molecule has 0 unspecified atom stereocenters. The molecule has 0 N–H and O–H groups in total. The number of nitro groups is 2. The van der Waals surface area contributed by atoms with Gasteiger partial charge in [0.1, 0.15) is 5.10 Å². The Labute approximate surface area is 77.2 Å². The van der Waals surface area contributed by atoms with E-state index in [2.05, 4.69) is 5.10 Å². The summed E-state index contributed by atoms with van der Waals surface area (Å²) in [6, 6.07) is 0. The van der Waals surface area contributed by atoms with Crippen LogP contribution in [0.3, 0.4) is 0 Å². The van der Waals surface area contributed by atoms with E-state index >= 15 is 0 Å². The van der Waals surface area contributed by atoms with Gasteiger partial charge < -0.3 is 14.9 Å². The Morgan fingerprint density at radius 3 is 2.64 bits per heavy atom. The molecule has 0 bridgehead atoms. The van der Waals surface area contributed by atoms with Gasteiger partial charge in [0.25, 0.3) is 0 Å². The van der Waals surface area contributed by atoms with Crippen molar-refractivity contribution in [3.8, 4) is 5.88 Å². The molecular formula is C5H6N4O5. The molecule has 9 nitrogen and oxygen atoms in total. The van der Waals surface area contributed by atoms with Crippen LogP contribution in [0.25, 0.3) is 0 Å². The van der Waals surface area contributed by atoms with Crippen molar-refractivity contribution < 1.29 is 14.7 Å². The van der Waals surface area contributed by atoms with E-state index in [-0.39, 0.29) is 17.3 Å². The van der Waals surface area contributed by atoms with E-state index in [0.717, 1.165) is 0 Å². The number of rotatable bonds is 4. The van der Waals surface area contributed by atoms with Gasteiger partial charge in [0.2, 0.25) is 0 Å². The molecule has 1 aromatic heterocycles. The van der Waals surface area contributed by atoms with Gasteiger partial charge in [0.15, 0.2) is 6.20 Å². The Hall–Kier alpha value is -2.19. The number of hydrogen-bond acceptors (Lipinski definition) is 6. The van der Waals surface area contributed by atoms with Gasteiger partial charge in [-0.1, -0.05) is 0 Å². The fourth-order valence-electron chi connectivity index (χ4n) is 0.786. The quantitative estimate of drug-likeness (QED) is 0.510. The summed E-state index contributed by atoms with van der Waals surface area (Å²) >= 11 is 0. The third-order valence-electron chi connectivity index (χ3n) is 1.30. The first-order chi connectivity index (χ1) is 6.56. The minimum absolute atomic E-state index is 0.148. The van der Waals surface area contributed by atoms with Crippen molar-refractivity contribution in [3.63, 3.8) is 0 Å². The van der Waals surface area contributed by atoms with Crippen molar-refractivity contribution in [2.45, 2.75) is 6.92 Å². The van der Waals surface area contributed by atoms with Gasteiger partial charge in [0, 0.05) is 4.79 Å². The highest BCUT2D eigenvalue weighted by Crippen LogP contribution is 2.23. The normalized spacial score (nSPS) is 9.79. The van der Waals surface area contributed by atoms with Crippen molar-refractivity contribution in [2.75, 3.05) is 6.61 Å². The molecule has 0 spiro atoms. The van der Waals surface area contributed by atoms with Crippen molar-refractivity contribution >= 4 is 5.69 Å². The van der Waals surface area contributed by atoms with Crippen LogP contribution in [0.15, 0.2) is 6.20 Å². The van der Waals surface area contributed by atoms with Crippen LogP contribution in [0.2, 0.25) is 0 Å². The van der Waals surface area contributed by atoms with Crippen molar-refractivity contribution in [2.24, 2.45) is 0 Å². The molecule has 0 aromatic carbocycles. The molecule has 76 valence electrons. The highest BCUT2D eigenvalue weighted by atomic mass is 16.7. The van der Waals surface area contributed by atoms with Crippen molar-refractivity contribution in [1.82, 2.24) is 9.89 Å². The maximum absolute atomic E-state index is 10.4. The van der Waals surface area contributed by atoms with E-state index in [1.54, 1.807) is 6.92 Å². The lowest BCUT2D eigenvalue weighted by Crippen LogP contribution is -2.08. The smallest absolute Gasteiger partial charge is 0.434 e. The molecule has 1 rings (SSSR count). The molecule has 9 heteroatoms. The Kier molecular flexibility index (Phi) is 2.60. The zero-order valence-corrected chi connectivity index (χ0v) is 7.11. The second kappa shape index (κ2) is 3.68. The molecule has 0 amide bonds. The van der Waals surface area contributed by atoms with Crippen LogP contribution in [0.1, 0.15) is 6.92 Å².